The van der Waals surface area contributed by atoms with Crippen molar-refractivity contribution in [2.24, 2.45) is 0 Å². The lowest BCUT2D eigenvalue weighted by Crippen LogP contribution is -2.23. The number of nitro benzene ring substituents is 1. The summed E-state index contributed by atoms with van der Waals surface area (Å²) in [5.41, 5.74) is -0.0802. The molecule has 0 aromatic heterocycles. The van der Waals surface area contributed by atoms with Gasteiger partial charge in [0.05, 0.1) is 11.0 Å². The average molecular weight is 293 g/mol. The fourth-order valence-corrected chi connectivity index (χ4v) is 2.07. The second-order valence-corrected chi connectivity index (χ2v) is 5.01. The van der Waals surface area contributed by atoms with E-state index in [1.807, 2.05) is 0 Å². The van der Waals surface area contributed by atoms with Gasteiger partial charge in [0.15, 0.2) is 11.5 Å². The smallest absolute Gasteiger partial charge is 0.296 e. The number of carbonyl (C=O) groups excluding carboxylic acids is 1. The highest BCUT2D eigenvalue weighted by Crippen LogP contribution is 2.40. The molecule has 0 bridgehead atoms. The van der Waals surface area contributed by atoms with Gasteiger partial charge in [-0.25, -0.2) is 0 Å². The number of anilines is 1. The van der Waals surface area contributed by atoms with Crippen LogP contribution in [0.1, 0.15) is 19.3 Å². The Morgan fingerprint density at radius 1 is 1.33 bits per heavy atom. The number of nitro groups is 1. The summed E-state index contributed by atoms with van der Waals surface area (Å²) in [6, 6.07) is 3.21. The molecule has 1 aromatic rings. The molecule has 3 rings (SSSR count). The number of nitrogens with one attached hydrogen (secondary N) is 2. The maximum Gasteiger partial charge on any atom is 0.296 e. The molecule has 1 fully saturated rings. The van der Waals surface area contributed by atoms with E-state index in [1.54, 1.807) is 0 Å². The third-order valence-corrected chi connectivity index (χ3v) is 3.32. The van der Waals surface area contributed by atoms with Crippen molar-refractivity contribution in [3.63, 3.8) is 0 Å². The SMILES string of the molecule is O=C(CCNC1CC1)Nc1cc2c(cc1[N+](=O)[O-])OCO2. The number of carbonyl (C=O) groups is 1. The molecule has 1 amide bonds. The Morgan fingerprint density at radius 2 is 2.05 bits per heavy atom. The van der Waals surface area contributed by atoms with Crippen molar-refractivity contribution in [1.29, 1.82) is 0 Å². The Kier molecular flexibility index (Phi) is 3.61. The van der Waals surface area contributed by atoms with E-state index in [1.165, 1.54) is 12.1 Å². The third-order valence-electron chi connectivity index (χ3n) is 3.32. The monoisotopic (exact) mass is 293 g/mol. The van der Waals surface area contributed by atoms with Crippen molar-refractivity contribution in [3.05, 3.63) is 22.2 Å². The van der Waals surface area contributed by atoms with Crippen LogP contribution in [0.15, 0.2) is 12.1 Å². The zero-order valence-corrected chi connectivity index (χ0v) is 11.3. The van der Waals surface area contributed by atoms with Crippen molar-refractivity contribution in [2.45, 2.75) is 25.3 Å². The molecule has 1 aliphatic heterocycles. The fourth-order valence-electron chi connectivity index (χ4n) is 2.07. The minimum atomic E-state index is -0.556. The molecule has 1 heterocycles. The molecule has 0 spiro atoms. The van der Waals surface area contributed by atoms with Crippen LogP contribution in [0.4, 0.5) is 11.4 Å². The number of benzene rings is 1. The van der Waals surface area contributed by atoms with Gasteiger partial charge in [-0.3, -0.25) is 14.9 Å². The van der Waals surface area contributed by atoms with Crippen LogP contribution < -0.4 is 20.1 Å². The van der Waals surface area contributed by atoms with Crippen molar-refractivity contribution < 1.29 is 19.2 Å². The summed E-state index contributed by atoms with van der Waals surface area (Å²) in [7, 11) is 0. The van der Waals surface area contributed by atoms with Gasteiger partial charge in [0.1, 0.15) is 5.69 Å². The highest BCUT2D eigenvalue weighted by molar-refractivity contribution is 5.93. The lowest BCUT2D eigenvalue weighted by molar-refractivity contribution is -0.384. The first-order chi connectivity index (χ1) is 10.1. The number of hydrogen-bond donors (Lipinski definition) is 2. The van der Waals surface area contributed by atoms with Crippen LogP contribution in [-0.2, 0) is 4.79 Å². The second-order valence-electron chi connectivity index (χ2n) is 5.01. The summed E-state index contributed by atoms with van der Waals surface area (Å²) in [5.74, 6) is 0.437. The Labute approximate surface area is 120 Å². The molecule has 2 aliphatic rings. The molecule has 8 heteroatoms. The summed E-state index contributed by atoms with van der Waals surface area (Å²) in [6.07, 6.45) is 2.56. The van der Waals surface area contributed by atoms with Gasteiger partial charge in [-0.2, -0.15) is 0 Å². The van der Waals surface area contributed by atoms with Crippen LogP contribution in [0, 0.1) is 10.1 Å². The Hall–Kier alpha value is -2.35. The van der Waals surface area contributed by atoms with E-state index in [2.05, 4.69) is 10.6 Å². The Bertz CT molecular complexity index is 585. The van der Waals surface area contributed by atoms with E-state index in [-0.39, 0.29) is 30.5 Å². The maximum atomic E-state index is 11.8. The van der Waals surface area contributed by atoms with Gasteiger partial charge in [-0.05, 0) is 12.8 Å². The molecule has 2 N–H and O–H groups in total. The number of amides is 1. The second kappa shape index (κ2) is 5.57. The van der Waals surface area contributed by atoms with Crippen LogP contribution in [0.2, 0.25) is 0 Å². The van der Waals surface area contributed by atoms with Crippen molar-refractivity contribution >= 4 is 17.3 Å². The number of rotatable bonds is 6. The Balaban J connectivity index is 1.67. The summed E-state index contributed by atoms with van der Waals surface area (Å²) < 4.78 is 10.3. The molecule has 1 aromatic carbocycles. The highest BCUT2D eigenvalue weighted by Gasteiger charge is 2.25. The molecule has 112 valence electrons. The van der Waals surface area contributed by atoms with Crippen LogP contribution in [-0.4, -0.2) is 30.2 Å². The zero-order valence-electron chi connectivity index (χ0n) is 11.3. The van der Waals surface area contributed by atoms with E-state index in [0.717, 1.165) is 12.8 Å². The normalized spacial score (nSPS) is 15.8. The molecule has 0 unspecified atom stereocenters. The Morgan fingerprint density at radius 3 is 2.71 bits per heavy atom. The van der Waals surface area contributed by atoms with Gasteiger partial charge in [0.25, 0.3) is 5.69 Å². The summed E-state index contributed by atoms with van der Waals surface area (Å²) in [5, 5.41) is 16.8. The minimum Gasteiger partial charge on any atom is -0.454 e. The van der Waals surface area contributed by atoms with Gasteiger partial charge in [0, 0.05) is 25.1 Å². The lowest BCUT2D eigenvalue weighted by Gasteiger charge is -2.07. The predicted molar refractivity (Wildman–Crippen MR) is 73.5 cm³/mol. The van der Waals surface area contributed by atoms with Crippen LogP contribution >= 0.6 is 0 Å². The van der Waals surface area contributed by atoms with Crippen LogP contribution in [0.25, 0.3) is 0 Å². The standard InChI is InChI=1S/C13H15N3O5/c17-13(3-4-14-8-1-2-8)15-9-5-11-12(21-7-20-11)6-10(9)16(18)19/h5-6,8,14H,1-4,7H2,(H,15,17). The van der Waals surface area contributed by atoms with Crippen molar-refractivity contribution in [3.8, 4) is 11.5 Å². The summed E-state index contributed by atoms with van der Waals surface area (Å²) in [6.45, 7) is 0.587. The number of hydrogen-bond acceptors (Lipinski definition) is 6. The molecule has 1 saturated carbocycles. The van der Waals surface area contributed by atoms with Crippen molar-refractivity contribution in [1.82, 2.24) is 5.32 Å². The fraction of sp³-hybridized carbons (Fsp3) is 0.462. The first kappa shape index (κ1) is 13.6. The van der Waals surface area contributed by atoms with E-state index in [4.69, 9.17) is 9.47 Å². The molecule has 0 saturated heterocycles. The van der Waals surface area contributed by atoms with Gasteiger partial charge < -0.3 is 20.1 Å². The first-order valence-electron chi connectivity index (χ1n) is 6.75. The topological polar surface area (TPSA) is 103 Å². The number of fused-ring (bicyclic) bond motifs is 1. The lowest BCUT2D eigenvalue weighted by atomic mass is 10.2. The van der Waals surface area contributed by atoms with Gasteiger partial charge in [0.2, 0.25) is 12.7 Å². The van der Waals surface area contributed by atoms with E-state index >= 15 is 0 Å². The number of ether oxygens (including phenoxy) is 2. The molecule has 21 heavy (non-hydrogen) atoms. The maximum absolute atomic E-state index is 11.8. The first-order valence-corrected chi connectivity index (χ1v) is 6.75. The third kappa shape index (κ3) is 3.22. The minimum absolute atomic E-state index is 0.0230. The van der Waals surface area contributed by atoms with E-state index in [0.29, 0.717) is 24.1 Å². The van der Waals surface area contributed by atoms with Gasteiger partial charge >= 0.3 is 0 Å². The predicted octanol–water partition coefficient (Wildman–Crippen LogP) is 1.40. The molecular weight excluding hydrogens is 278 g/mol. The van der Waals surface area contributed by atoms with Crippen LogP contribution in [0.3, 0.4) is 0 Å². The zero-order chi connectivity index (χ0) is 14.8. The van der Waals surface area contributed by atoms with Gasteiger partial charge in [-0.15, -0.1) is 0 Å². The molecule has 1 aliphatic carbocycles. The number of nitrogens with zero attached hydrogens (tertiary/aromatic N) is 1. The van der Waals surface area contributed by atoms with Gasteiger partial charge in [-0.1, -0.05) is 0 Å². The quantitative estimate of drug-likeness (QED) is 0.607. The van der Waals surface area contributed by atoms with Crippen molar-refractivity contribution in [2.75, 3.05) is 18.7 Å². The molecule has 0 radical (unpaired) electrons. The van der Waals surface area contributed by atoms with Crippen LogP contribution in [0.5, 0.6) is 11.5 Å². The largest absolute Gasteiger partial charge is 0.454 e. The molecule has 8 nitrogen and oxygen atoms in total. The molecule has 0 atom stereocenters. The summed E-state index contributed by atoms with van der Waals surface area (Å²) >= 11 is 0. The average Bonchev–Trinajstić information content (AvgIpc) is 3.14. The molecular formula is C13H15N3O5. The van der Waals surface area contributed by atoms with E-state index in [9.17, 15) is 14.9 Å². The highest BCUT2D eigenvalue weighted by atomic mass is 16.7. The summed E-state index contributed by atoms with van der Waals surface area (Å²) in [4.78, 5) is 22.3. The van der Waals surface area contributed by atoms with E-state index < -0.39 is 4.92 Å².